The molecule has 6 aromatic rings. The Hall–Kier alpha value is -6.66. The lowest BCUT2D eigenvalue weighted by molar-refractivity contribution is -0.139. The number of ether oxygens (including phenoxy) is 2. The van der Waals surface area contributed by atoms with Gasteiger partial charge in [0, 0.05) is 45.3 Å². The van der Waals surface area contributed by atoms with Crippen LogP contribution < -0.4 is 9.80 Å². The maximum absolute atomic E-state index is 11.8. The van der Waals surface area contributed by atoms with Crippen molar-refractivity contribution in [2.24, 2.45) is 0 Å². The van der Waals surface area contributed by atoms with Gasteiger partial charge in [0.25, 0.3) is 0 Å². The van der Waals surface area contributed by atoms with Crippen LogP contribution in [0.15, 0.2) is 146 Å². The lowest BCUT2D eigenvalue weighted by atomic mass is 9.98. The van der Waals surface area contributed by atoms with Crippen LogP contribution in [0.3, 0.4) is 0 Å². The van der Waals surface area contributed by atoms with E-state index in [1.54, 1.807) is 13.8 Å². The molecule has 0 spiro atoms. The average molecular weight is 825 g/mol. The summed E-state index contributed by atoms with van der Waals surface area (Å²) in [6.45, 7) is 24.4. The van der Waals surface area contributed by atoms with Crippen molar-refractivity contribution in [3.05, 3.63) is 190 Å². The van der Waals surface area contributed by atoms with Gasteiger partial charge in [0.2, 0.25) is 0 Å². The molecule has 0 bridgehead atoms. The summed E-state index contributed by atoms with van der Waals surface area (Å²) in [6.07, 6.45) is 3.11. The second kappa shape index (κ2) is 20.3. The smallest absolute Gasteiger partial charge is 0.333 e. The number of nitrogens with zero attached hydrogens (tertiary/aromatic N) is 2. The predicted octanol–water partition coefficient (Wildman–Crippen LogP) is 14.2. The second-order valence-corrected chi connectivity index (χ2v) is 16.6. The number of hydrogen-bond donors (Lipinski definition) is 0. The monoisotopic (exact) mass is 824 g/mol. The Morgan fingerprint density at radius 3 is 1.11 bits per heavy atom. The largest absolute Gasteiger partial charge is 0.462 e. The van der Waals surface area contributed by atoms with Gasteiger partial charge in [0.15, 0.2) is 0 Å². The third-order valence-corrected chi connectivity index (χ3v) is 11.5. The van der Waals surface area contributed by atoms with Crippen molar-refractivity contribution in [3.8, 4) is 11.1 Å². The molecule has 0 aliphatic rings. The molecule has 0 aliphatic heterocycles. The fourth-order valence-corrected chi connectivity index (χ4v) is 7.51. The van der Waals surface area contributed by atoms with Gasteiger partial charge in [-0.25, -0.2) is 9.59 Å². The third-order valence-electron chi connectivity index (χ3n) is 11.5. The van der Waals surface area contributed by atoms with Crippen molar-refractivity contribution in [2.45, 2.75) is 81.1 Å². The van der Waals surface area contributed by atoms with Crippen molar-refractivity contribution < 1.29 is 19.1 Å². The van der Waals surface area contributed by atoms with Gasteiger partial charge in [-0.2, -0.15) is 0 Å². The Morgan fingerprint density at radius 2 is 0.790 bits per heavy atom. The highest BCUT2D eigenvalue weighted by Gasteiger charge is 2.19. The number of esters is 2. The first kappa shape index (κ1) is 44.9. The zero-order valence-electron chi connectivity index (χ0n) is 37.7. The maximum Gasteiger partial charge on any atom is 0.333 e. The minimum atomic E-state index is -0.342. The molecule has 0 fully saturated rings. The van der Waals surface area contributed by atoms with Gasteiger partial charge in [0.1, 0.15) is 0 Å². The average Bonchev–Trinajstić information content (AvgIpc) is 3.25. The first-order valence-corrected chi connectivity index (χ1v) is 21.5. The highest BCUT2D eigenvalue weighted by atomic mass is 16.5. The van der Waals surface area contributed by atoms with E-state index in [4.69, 9.17) is 9.47 Å². The number of anilines is 6. The summed E-state index contributed by atoms with van der Waals surface area (Å²) in [4.78, 5) is 28.3. The Labute approximate surface area is 369 Å². The van der Waals surface area contributed by atoms with Crippen LogP contribution in [0.1, 0.15) is 71.2 Å². The Bertz CT molecular complexity index is 2410. The molecule has 0 N–H and O–H groups in total. The molecule has 0 saturated heterocycles. The number of rotatable bonds is 17. The molecule has 6 aromatic carbocycles. The van der Waals surface area contributed by atoms with E-state index in [1.165, 1.54) is 33.4 Å². The van der Waals surface area contributed by atoms with Crippen LogP contribution in [0.5, 0.6) is 0 Å². The van der Waals surface area contributed by atoms with Crippen LogP contribution >= 0.6 is 0 Å². The van der Waals surface area contributed by atoms with E-state index < -0.39 is 0 Å². The maximum atomic E-state index is 11.8. The van der Waals surface area contributed by atoms with Crippen molar-refractivity contribution in [2.75, 3.05) is 23.0 Å². The molecular weight excluding hydrogens is 765 g/mol. The van der Waals surface area contributed by atoms with E-state index in [1.807, 2.05) is 0 Å². The van der Waals surface area contributed by atoms with E-state index in [-0.39, 0.29) is 11.9 Å². The SMILES string of the molecule is C=C(C)C(=O)OCCCc1ccc(N(c2ccc(C)c(C)c2)c2ccc(-c3ccc(N(c4ccc(CCCOC(=O)C(=C)C)cc4)c4ccc(C)c(C)c4)c(C)c3)cc2C)cc1. The van der Waals surface area contributed by atoms with Gasteiger partial charge in [0.05, 0.1) is 13.2 Å². The molecule has 0 saturated carbocycles. The fraction of sp³-hybridized carbons (Fsp3) is 0.250. The molecular formula is C56H60N2O4. The van der Waals surface area contributed by atoms with Crippen molar-refractivity contribution >= 4 is 46.1 Å². The van der Waals surface area contributed by atoms with E-state index in [0.29, 0.717) is 24.4 Å². The van der Waals surface area contributed by atoms with Gasteiger partial charge < -0.3 is 19.3 Å². The first-order chi connectivity index (χ1) is 29.7. The van der Waals surface area contributed by atoms with E-state index in [9.17, 15) is 9.59 Å². The number of carbonyl (C=O) groups excluding carboxylic acids is 2. The molecule has 318 valence electrons. The molecule has 0 amide bonds. The van der Waals surface area contributed by atoms with Crippen LogP contribution in [0.25, 0.3) is 11.1 Å². The van der Waals surface area contributed by atoms with Gasteiger partial charge in [-0.1, -0.05) is 61.7 Å². The quantitative estimate of drug-likeness (QED) is 0.0519. The highest BCUT2D eigenvalue weighted by Crippen LogP contribution is 2.41. The van der Waals surface area contributed by atoms with E-state index in [2.05, 4.69) is 186 Å². The number of aryl methyl sites for hydroxylation is 8. The molecule has 6 rings (SSSR count). The van der Waals surface area contributed by atoms with Gasteiger partial charge >= 0.3 is 11.9 Å². The molecule has 0 atom stereocenters. The van der Waals surface area contributed by atoms with Gasteiger partial charge in [-0.3, -0.25) is 0 Å². The minimum absolute atomic E-state index is 0.342. The van der Waals surface area contributed by atoms with E-state index in [0.717, 1.165) is 82.1 Å². The molecule has 6 heteroatoms. The van der Waals surface area contributed by atoms with Gasteiger partial charge in [-0.05, 0) is 210 Å². The Balaban J connectivity index is 1.27. The summed E-state index contributed by atoms with van der Waals surface area (Å²) < 4.78 is 10.6. The fourth-order valence-electron chi connectivity index (χ4n) is 7.51. The highest BCUT2D eigenvalue weighted by molar-refractivity contribution is 5.87. The van der Waals surface area contributed by atoms with Crippen LogP contribution in [-0.4, -0.2) is 25.2 Å². The summed E-state index contributed by atoms with van der Waals surface area (Å²) in [5, 5.41) is 0. The second-order valence-electron chi connectivity index (χ2n) is 16.6. The first-order valence-electron chi connectivity index (χ1n) is 21.5. The normalized spacial score (nSPS) is 10.9. The minimum Gasteiger partial charge on any atom is -0.462 e. The predicted molar refractivity (Wildman–Crippen MR) is 258 cm³/mol. The van der Waals surface area contributed by atoms with Crippen molar-refractivity contribution in [1.29, 1.82) is 0 Å². The Morgan fingerprint density at radius 1 is 0.435 bits per heavy atom. The van der Waals surface area contributed by atoms with Crippen LogP contribution in [-0.2, 0) is 31.9 Å². The molecule has 62 heavy (non-hydrogen) atoms. The summed E-state index contributed by atoms with van der Waals surface area (Å²) in [6, 6.07) is 44.2. The summed E-state index contributed by atoms with van der Waals surface area (Å²) >= 11 is 0. The molecule has 0 heterocycles. The van der Waals surface area contributed by atoms with Crippen LogP contribution in [0.4, 0.5) is 34.1 Å². The van der Waals surface area contributed by atoms with Crippen LogP contribution in [0, 0.1) is 41.5 Å². The number of benzene rings is 6. The standard InChI is InChI=1S/C56H60N2O4/c1-37(2)55(59)61-31-11-13-45-17-25-49(26-18-45)57(51-23-15-39(5)41(7)35-51)53-29-21-47(33-43(53)9)48-22-30-54(44(10)34-48)58(52-24-16-40(6)42(8)36-52)50-27-19-46(20-28-50)14-12-32-62-56(60)38(3)4/h15-30,33-36H,1,3,11-14,31-32H2,2,4-10H3. The summed E-state index contributed by atoms with van der Waals surface area (Å²) in [5.74, 6) is -0.684. The van der Waals surface area contributed by atoms with E-state index >= 15 is 0 Å². The summed E-state index contributed by atoms with van der Waals surface area (Å²) in [5.41, 5.74) is 19.4. The zero-order valence-corrected chi connectivity index (χ0v) is 37.7. The zero-order chi connectivity index (χ0) is 44.5. The molecule has 0 radical (unpaired) electrons. The van der Waals surface area contributed by atoms with Crippen molar-refractivity contribution in [1.82, 2.24) is 0 Å². The lowest BCUT2D eigenvalue weighted by Crippen LogP contribution is -2.12. The molecule has 6 nitrogen and oxygen atoms in total. The number of carbonyl (C=O) groups is 2. The Kier molecular flexibility index (Phi) is 14.7. The van der Waals surface area contributed by atoms with Crippen LogP contribution in [0.2, 0.25) is 0 Å². The molecule has 0 aliphatic carbocycles. The van der Waals surface area contributed by atoms with Gasteiger partial charge in [-0.15, -0.1) is 0 Å². The van der Waals surface area contributed by atoms with Crippen molar-refractivity contribution in [3.63, 3.8) is 0 Å². The number of hydrogen-bond acceptors (Lipinski definition) is 6. The third kappa shape index (κ3) is 11.0. The molecule has 0 aromatic heterocycles. The molecule has 0 unspecified atom stereocenters. The topological polar surface area (TPSA) is 59.1 Å². The lowest BCUT2D eigenvalue weighted by Gasteiger charge is -2.29. The summed E-state index contributed by atoms with van der Waals surface area (Å²) in [7, 11) is 0.